The van der Waals surface area contributed by atoms with Crippen molar-refractivity contribution in [3.05, 3.63) is 28.7 Å². The highest BCUT2D eigenvalue weighted by Gasteiger charge is 2.42. The van der Waals surface area contributed by atoms with Crippen LogP contribution in [0.5, 0.6) is 0 Å². The van der Waals surface area contributed by atoms with Crippen LogP contribution in [-0.2, 0) is 14.6 Å². The molecule has 1 amide bonds. The Labute approximate surface area is 139 Å². The Morgan fingerprint density at radius 2 is 2.00 bits per heavy atom. The van der Waals surface area contributed by atoms with Gasteiger partial charge in [0.05, 0.1) is 4.90 Å². The van der Waals surface area contributed by atoms with E-state index in [1.165, 1.54) is 26.0 Å². The highest BCUT2D eigenvalue weighted by Crippen LogP contribution is 2.26. The molecule has 1 aliphatic heterocycles. The lowest BCUT2D eigenvalue weighted by molar-refractivity contribution is -0.122. The molecule has 1 aromatic carbocycles. The Balaban J connectivity index is 2.12. The van der Waals surface area contributed by atoms with Gasteiger partial charge in [-0.25, -0.2) is 8.42 Å². The van der Waals surface area contributed by atoms with Crippen molar-refractivity contribution in [2.45, 2.75) is 42.4 Å². The van der Waals surface area contributed by atoms with Crippen LogP contribution in [0.4, 0.5) is 0 Å². The first-order valence-electron chi connectivity index (χ1n) is 7.27. The van der Waals surface area contributed by atoms with Crippen LogP contribution in [0.2, 0.25) is 0 Å². The smallest absolute Gasteiger partial charge is 0.241 e. The third kappa shape index (κ3) is 3.52. The van der Waals surface area contributed by atoms with Crippen molar-refractivity contribution in [1.82, 2.24) is 10.6 Å². The van der Waals surface area contributed by atoms with Gasteiger partial charge in [0.2, 0.25) is 5.91 Å². The molecule has 1 unspecified atom stereocenters. The summed E-state index contributed by atoms with van der Waals surface area (Å²) in [6.07, 6.45) is 2.08. The van der Waals surface area contributed by atoms with Gasteiger partial charge in [-0.3, -0.25) is 4.79 Å². The van der Waals surface area contributed by atoms with Crippen LogP contribution in [-0.4, -0.2) is 38.2 Å². The molecule has 1 fully saturated rings. The standard InChI is InChI=1S/C15H21BrN2O3S/c1-15(2,14(19)18-10-12-4-3-9-17-12)22(20,21)13-7-5-11(16)6-8-13/h5-8,12,17H,3-4,9-10H2,1-2H3,(H,18,19). The number of nitrogens with one attached hydrogen (secondary N) is 2. The first-order chi connectivity index (χ1) is 10.2. The molecule has 0 radical (unpaired) electrons. The number of carbonyl (C=O) groups excluding carboxylic acids is 1. The predicted octanol–water partition coefficient (Wildman–Crippen LogP) is 1.87. The number of sulfone groups is 1. The maximum absolute atomic E-state index is 12.7. The summed E-state index contributed by atoms with van der Waals surface area (Å²) in [5.74, 6) is -0.468. The van der Waals surface area contributed by atoms with E-state index in [1.54, 1.807) is 12.1 Å². The van der Waals surface area contributed by atoms with Crippen LogP contribution in [0.3, 0.4) is 0 Å². The van der Waals surface area contributed by atoms with E-state index in [0.717, 1.165) is 23.9 Å². The first-order valence-corrected chi connectivity index (χ1v) is 9.54. The maximum Gasteiger partial charge on any atom is 0.241 e. The molecule has 5 nitrogen and oxygen atoms in total. The van der Waals surface area contributed by atoms with Gasteiger partial charge in [-0.2, -0.15) is 0 Å². The largest absolute Gasteiger partial charge is 0.353 e. The topological polar surface area (TPSA) is 75.3 Å². The van der Waals surface area contributed by atoms with Gasteiger partial charge in [-0.1, -0.05) is 15.9 Å². The van der Waals surface area contributed by atoms with E-state index in [1.807, 2.05) is 0 Å². The molecule has 22 heavy (non-hydrogen) atoms. The molecular formula is C15H21BrN2O3S. The molecule has 0 aromatic heterocycles. The number of hydrogen-bond acceptors (Lipinski definition) is 4. The number of amides is 1. The number of hydrogen-bond donors (Lipinski definition) is 2. The average Bonchev–Trinajstić information content (AvgIpc) is 2.98. The van der Waals surface area contributed by atoms with Gasteiger partial charge in [-0.15, -0.1) is 0 Å². The molecule has 0 bridgehead atoms. The van der Waals surface area contributed by atoms with Crippen LogP contribution in [0.15, 0.2) is 33.6 Å². The van der Waals surface area contributed by atoms with E-state index >= 15 is 0 Å². The highest BCUT2D eigenvalue weighted by molar-refractivity contribution is 9.10. The van der Waals surface area contributed by atoms with Crippen molar-refractivity contribution in [3.8, 4) is 0 Å². The van der Waals surface area contributed by atoms with Crippen molar-refractivity contribution >= 4 is 31.7 Å². The molecule has 1 heterocycles. The van der Waals surface area contributed by atoms with E-state index in [4.69, 9.17) is 0 Å². The lowest BCUT2D eigenvalue weighted by atomic mass is 10.1. The van der Waals surface area contributed by atoms with Crippen molar-refractivity contribution in [2.24, 2.45) is 0 Å². The third-order valence-corrected chi connectivity index (χ3v) is 6.96. The Bertz CT molecular complexity index is 635. The van der Waals surface area contributed by atoms with Gasteiger partial charge >= 0.3 is 0 Å². The SMILES string of the molecule is CC(C)(C(=O)NCC1CCCN1)S(=O)(=O)c1ccc(Br)cc1. The summed E-state index contributed by atoms with van der Waals surface area (Å²) in [7, 11) is -3.75. The number of benzene rings is 1. The molecule has 122 valence electrons. The van der Waals surface area contributed by atoms with Gasteiger partial charge in [0.1, 0.15) is 4.75 Å². The van der Waals surface area contributed by atoms with Crippen LogP contribution < -0.4 is 10.6 Å². The maximum atomic E-state index is 12.7. The minimum absolute atomic E-state index is 0.148. The summed E-state index contributed by atoms with van der Waals surface area (Å²) in [4.78, 5) is 12.5. The van der Waals surface area contributed by atoms with Crippen molar-refractivity contribution in [3.63, 3.8) is 0 Å². The van der Waals surface area contributed by atoms with E-state index in [2.05, 4.69) is 26.6 Å². The zero-order valence-electron chi connectivity index (χ0n) is 12.7. The zero-order valence-corrected chi connectivity index (χ0v) is 15.1. The lowest BCUT2D eigenvalue weighted by Crippen LogP contribution is -2.50. The Hall–Kier alpha value is -0.920. The quantitative estimate of drug-likeness (QED) is 0.806. The minimum Gasteiger partial charge on any atom is -0.353 e. The van der Waals surface area contributed by atoms with Crippen LogP contribution in [0, 0.1) is 0 Å². The Morgan fingerprint density at radius 3 is 2.55 bits per heavy atom. The fraction of sp³-hybridized carbons (Fsp3) is 0.533. The zero-order chi connectivity index (χ0) is 16.4. The van der Waals surface area contributed by atoms with Crippen LogP contribution in [0.25, 0.3) is 0 Å². The van der Waals surface area contributed by atoms with Gasteiger partial charge in [0, 0.05) is 17.1 Å². The number of rotatable bonds is 5. The molecule has 7 heteroatoms. The summed E-state index contributed by atoms with van der Waals surface area (Å²) in [5, 5.41) is 6.03. The second-order valence-corrected chi connectivity index (χ2v) is 9.39. The number of halogens is 1. The van der Waals surface area contributed by atoms with Gasteiger partial charge < -0.3 is 10.6 Å². The van der Waals surface area contributed by atoms with E-state index < -0.39 is 20.5 Å². The molecule has 1 aromatic rings. The number of carbonyl (C=O) groups is 1. The third-order valence-electron chi connectivity index (χ3n) is 4.01. The molecule has 2 rings (SSSR count). The predicted molar refractivity (Wildman–Crippen MR) is 89.4 cm³/mol. The summed E-state index contributed by atoms with van der Waals surface area (Å²) in [6, 6.07) is 6.56. The average molecular weight is 389 g/mol. The molecule has 0 saturated carbocycles. The van der Waals surface area contributed by atoms with Crippen molar-refractivity contribution in [1.29, 1.82) is 0 Å². The van der Waals surface area contributed by atoms with E-state index in [0.29, 0.717) is 6.54 Å². The molecule has 0 aliphatic carbocycles. The monoisotopic (exact) mass is 388 g/mol. The summed E-state index contributed by atoms with van der Waals surface area (Å²) < 4.78 is 24.7. The summed E-state index contributed by atoms with van der Waals surface area (Å²) in [6.45, 7) is 4.29. The van der Waals surface area contributed by atoms with E-state index in [9.17, 15) is 13.2 Å². The second kappa shape index (κ2) is 6.68. The van der Waals surface area contributed by atoms with Crippen LogP contribution in [0.1, 0.15) is 26.7 Å². The van der Waals surface area contributed by atoms with Crippen molar-refractivity contribution < 1.29 is 13.2 Å². The molecular weight excluding hydrogens is 368 g/mol. The molecule has 2 N–H and O–H groups in total. The first kappa shape index (κ1) is 17.4. The molecule has 1 aliphatic rings. The Kier molecular flexibility index (Phi) is 5.29. The fourth-order valence-electron chi connectivity index (χ4n) is 2.39. The fourth-order valence-corrected chi connectivity index (χ4v) is 4.05. The van der Waals surface area contributed by atoms with Crippen LogP contribution >= 0.6 is 15.9 Å². The van der Waals surface area contributed by atoms with Gasteiger partial charge in [0.15, 0.2) is 9.84 Å². The van der Waals surface area contributed by atoms with E-state index in [-0.39, 0.29) is 10.9 Å². The highest BCUT2D eigenvalue weighted by atomic mass is 79.9. The van der Waals surface area contributed by atoms with Crippen molar-refractivity contribution in [2.75, 3.05) is 13.1 Å². The summed E-state index contributed by atoms with van der Waals surface area (Å²) in [5.41, 5.74) is 0. The Morgan fingerprint density at radius 1 is 1.36 bits per heavy atom. The summed E-state index contributed by atoms with van der Waals surface area (Å²) >= 11 is 3.27. The van der Waals surface area contributed by atoms with Gasteiger partial charge in [0.25, 0.3) is 0 Å². The molecule has 1 saturated heterocycles. The van der Waals surface area contributed by atoms with Gasteiger partial charge in [-0.05, 0) is 57.5 Å². The minimum atomic E-state index is -3.75. The second-order valence-electron chi connectivity index (χ2n) is 5.97. The molecule has 1 atom stereocenters. The molecule has 0 spiro atoms. The lowest BCUT2D eigenvalue weighted by Gasteiger charge is -2.25. The normalized spacial score (nSPS) is 19.1.